The van der Waals surface area contributed by atoms with Crippen LogP contribution in [-0.4, -0.2) is 0 Å². The van der Waals surface area contributed by atoms with E-state index in [0.29, 0.717) is 5.41 Å². The first-order valence-corrected chi connectivity index (χ1v) is 10.8. The molecule has 4 aliphatic carbocycles. The van der Waals surface area contributed by atoms with E-state index in [2.05, 4.69) is 25.7 Å². The number of rotatable bonds is 0. The van der Waals surface area contributed by atoms with E-state index in [1.807, 2.05) is 27.7 Å². The van der Waals surface area contributed by atoms with Crippen molar-refractivity contribution in [3.8, 4) is 0 Å². The highest BCUT2D eigenvalue weighted by Gasteiger charge is 2.48. The summed E-state index contributed by atoms with van der Waals surface area (Å²) in [7, 11) is 0. The van der Waals surface area contributed by atoms with Crippen molar-refractivity contribution in [2.45, 2.75) is 92.4 Å². The monoisotopic (exact) mass is 328 g/mol. The third-order valence-electron chi connectivity index (χ3n) is 7.03. The zero-order chi connectivity index (χ0) is 17.7. The fraction of sp³-hybridized carbons (Fsp3) is 0.750. The SMILES string of the molecule is C=C1CCC2C3CCC4CCCCC4=CC3=CCC12C.CC.CC. The minimum Gasteiger partial charge on any atom is -0.0993 e. The first kappa shape index (κ1) is 19.5. The molecule has 136 valence electrons. The zero-order valence-electron chi connectivity index (χ0n) is 17.0. The summed E-state index contributed by atoms with van der Waals surface area (Å²) in [4.78, 5) is 0. The maximum atomic E-state index is 4.40. The Balaban J connectivity index is 0.000000487. The van der Waals surface area contributed by atoms with Crippen LogP contribution in [0.25, 0.3) is 0 Å². The third-order valence-corrected chi connectivity index (χ3v) is 7.03. The second-order valence-electron chi connectivity index (χ2n) is 7.92. The van der Waals surface area contributed by atoms with Gasteiger partial charge in [0.2, 0.25) is 0 Å². The Morgan fingerprint density at radius 1 is 0.958 bits per heavy atom. The third kappa shape index (κ3) is 3.44. The Bertz CT molecular complexity index is 492. The van der Waals surface area contributed by atoms with Crippen molar-refractivity contribution >= 4 is 0 Å². The van der Waals surface area contributed by atoms with Crippen LogP contribution >= 0.6 is 0 Å². The van der Waals surface area contributed by atoms with Crippen LogP contribution in [0.15, 0.2) is 35.5 Å². The summed E-state index contributed by atoms with van der Waals surface area (Å²) in [6.45, 7) is 14.9. The Morgan fingerprint density at radius 3 is 2.46 bits per heavy atom. The lowest BCUT2D eigenvalue weighted by molar-refractivity contribution is 0.184. The highest BCUT2D eigenvalue weighted by atomic mass is 14.5. The Hall–Kier alpha value is -0.780. The van der Waals surface area contributed by atoms with E-state index >= 15 is 0 Å². The molecule has 2 saturated carbocycles. The average Bonchev–Trinajstić information content (AvgIpc) is 2.83. The van der Waals surface area contributed by atoms with Gasteiger partial charge >= 0.3 is 0 Å². The van der Waals surface area contributed by atoms with Crippen LogP contribution in [0, 0.1) is 23.2 Å². The van der Waals surface area contributed by atoms with Crippen LogP contribution < -0.4 is 0 Å². The van der Waals surface area contributed by atoms with Crippen LogP contribution in [0.1, 0.15) is 92.4 Å². The van der Waals surface area contributed by atoms with Crippen molar-refractivity contribution in [2.75, 3.05) is 0 Å². The molecule has 4 unspecified atom stereocenters. The van der Waals surface area contributed by atoms with Crippen LogP contribution in [0.4, 0.5) is 0 Å². The Labute approximate surface area is 151 Å². The topological polar surface area (TPSA) is 0 Å². The van der Waals surface area contributed by atoms with E-state index in [1.165, 1.54) is 63.4 Å². The smallest absolute Gasteiger partial charge is 0.00502 e. The molecule has 0 heteroatoms. The van der Waals surface area contributed by atoms with Crippen molar-refractivity contribution in [3.63, 3.8) is 0 Å². The van der Waals surface area contributed by atoms with Crippen molar-refractivity contribution in [1.29, 1.82) is 0 Å². The summed E-state index contributed by atoms with van der Waals surface area (Å²) in [6, 6.07) is 0. The van der Waals surface area contributed by atoms with Gasteiger partial charge in [0.05, 0.1) is 0 Å². The normalized spacial score (nSPS) is 37.0. The van der Waals surface area contributed by atoms with E-state index in [-0.39, 0.29) is 0 Å². The van der Waals surface area contributed by atoms with E-state index in [1.54, 1.807) is 11.1 Å². The molecule has 24 heavy (non-hydrogen) atoms. The molecule has 0 amide bonds. The van der Waals surface area contributed by atoms with Gasteiger partial charge in [-0.1, -0.05) is 70.9 Å². The molecule has 0 spiro atoms. The van der Waals surface area contributed by atoms with Gasteiger partial charge in [0.15, 0.2) is 0 Å². The molecule has 4 atom stereocenters. The molecule has 0 saturated heterocycles. The quantitative estimate of drug-likeness (QED) is 0.397. The molecule has 0 bridgehead atoms. The summed E-state index contributed by atoms with van der Waals surface area (Å²) in [5.74, 6) is 2.64. The fourth-order valence-corrected chi connectivity index (χ4v) is 5.61. The summed E-state index contributed by atoms with van der Waals surface area (Å²) in [5.41, 5.74) is 5.46. The van der Waals surface area contributed by atoms with Gasteiger partial charge in [0, 0.05) is 0 Å². The average molecular weight is 329 g/mol. The van der Waals surface area contributed by atoms with Gasteiger partial charge in [0.25, 0.3) is 0 Å². The molecule has 0 N–H and O–H groups in total. The van der Waals surface area contributed by atoms with Crippen LogP contribution in [-0.2, 0) is 0 Å². The minimum absolute atomic E-state index is 0.419. The van der Waals surface area contributed by atoms with Crippen molar-refractivity contribution in [2.24, 2.45) is 23.2 Å². The summed E-state index contributed by atoms with van der Waals surface area (Å²) in [6.07, 6.45) is 17.8. The maximum Gasteiger partial charge on any atom is -0.00502 e. The minimum atomic E-state index is 0.419. The number of hydrogen-bond acceptors (Lipinski definition) is 0. The molecular weight excluding hydrogens is 288 g/mol. The number of allylic oxidation sites excluding steroid dienone is 5. The molecule has 0 heterocycles. The summed E-state index contributed by atoms with van der Waals surface area (Å²) >= 11 is 0. The molecule has 4 aliphatic rings. The molecule has 0 aromatic heterocycles. The fourth-order valence-electron chi connectivity index (χ4n) is 5.61. The lowest BCUT2D eigenvalue weighted by atomic mass is 9.63. The Morgan fingerprint density at radius 2 is 1.71 bits per heavy atom. The molecule has 0 aliphatic heterocycles. The summed E-state index contributed by atoms with van der Waals surface area (Å²) < 4.78 is 0. The van der Waals surface area contributed by atoms with Crippen LogP contribution in [0.3, 0.4) is 0 Å². The second kappa shape index (κ2) is 8.54. The lowest BCUT2D eigenvalue weighted by Crippen LogP contribution is -2.33. The van der Waals surface area contributed by atoms with E-state index in [0.717, 1.165) is 17.8 Å². The predicted molar refractivity (Wildman–Crippen MR) is 108 cm³/mol. The van der Waals surface area contributed by atoms with Crippen molar-refractivity contribution < 1.29 is 0 Å². The molecule has 0 nitrogen and oxygen atoms in total. The molecule has 4 rings (SSSR count). The first-order chi connectivity index (χ1) is 11.7. The predicted octanol–water partition coefficient (Wildman–Crippen LogP) is 7.87. The van der Waals surface area contributed by atoms with Gasteiger partial charge in [-0.2, -0.15) is 0 Å². The van der Waals surface area contributed by atoms with E-state index < -0.39 is 0 Å². The Kier molecular flexibility index (Phi) is 6.96. The van der Waals surface area contributed by atoms with E-state index in [9.17, 15) is 0 Å². The molecule has 0 aromatic carbocycles. The van der Waals surface area contributed by atoms with Crippen LogP contribution in [0.2, 0.25) is 0 Å². The van der Waals surface area contributed by atoms with Gasteiger partial charge in [0.1, 0.15) is 0 Å². The van der Waals surface area contributed by atoms with Crippen molar-refractivity contribution in [1.82, 2.24) is 0 Å². The van der Waals surface area contributed by atoms with Gasteiger partial charge in [-0.05, 0) is 80.1 Å². The standard InChI is InChI=1S/C20H28.2C2H6/c1-14-7-10-19-18-9-8-15-5-3-4-6-16(15)13-17(18)11-12-20(14,19)2;2*1-2/h11,13,15,18-19H,1,3-10,12H2,2H3;2*1-2H3. The lowest BCUT2D eigenvalue weighted by Gasteiger charge is -2.41. The maximum absolute atomic E-state index is 4.40. The van der Waals surface area contributed by atoms with Gasteiger partial charge in [-0.15, -0.1) is 0 Å². The van der Waals surface area contributed by atoms with E-state index in [4.69, 9.17) is 0 Å². The van der Waals surface area contributed by atoms with Crippen molar-refractivity contribution in [3.05, 3.63) is 35.5 Å². The molecule has 2 fully saturated rings. The number of hydrogen-bond donors (Lipinski definition) is 0. The highest BCUT2D eigenvalue weighted by molar-refractivity contribution is 5.36. The molecule has 0 radical (unpaired) electrons. The molecular formula is C24H40. The summed E-state index contributed by atoms with van der Waals surface area (Å²) in [5, 5.41) is 0. The largest absolute Gasteiger partial charge is 0.0993 e. The van der Waals surface area contributed by atoms with Gasteiger partial charge < -0.3 is 0 Å². The highest BCUT2D eigenvalue weighted by Crippen LogP contribution is 2.58. The zero-order valence-corrected chi connectivity index (χ0v) is 17.0. The van der Waals surface area contributed by atoms with Gasteiger partial charge in [-0.3, -0.25) is 0 Å². The molecule has 0 aromatic rings. The first-order valence-electron chi connectivity index (χ1n) is 10.8. The number of fused-ring (bicyclic) bond motifs is 4. The second-order valence-corrected chi connectivity index (χ2v) is 7.92. The van der Waals surface area contributed by atoms with Crippen LogP contribution in [0.5, 0.6) is 0 Å². The van der Waals surface area contributed by atoms with Gasteiger partial charge in [-0.25, -0.2) is 0 Å².